The summed E-state index contributed by atoms with van der Waals surface area (Å²) in [6.07, 6.45) is 1.95. The first-order valence-electron chi connectivity index (χ1n) is 11.5. The van der Waals surface area contributed by atoms with Crippen molar-refractivity contribution in [2.45, 2.75) is 37.1 Å². The highest BCUT2D eigenvalue weighted by atomic mass is 16.5. The predicted octanol–water partition coefficient (Wildman–Crippen LogP) is 4.17. The van der Waals surface area contributed by atoms with Gasteiger partial charge in [0.15, 0.2) is 0 Å². The van der Waals surface area contributed by atoms with Crippen LogP contribution in [0.5, 0.6) is 0 Å². The summed E-state index contributed by atoms with van der Waals surface area (Å²) in [5.41, 5.74) is 8.77. The third-order valence-electron chi connectivity index (χ3n) is 6.61. The molecule has 0 radical (unpaired) electrons. The summed E-state index contributed by atoms with van der Waals surface area (Å²) >= 11 is 0. The normalized spacial score (nSPS) is 16.8. The maximum atomic E-state index is 13.3. The van der Waals surface area contributed by atoms with E-state index in [2.05, 4.69) is 29.6 Å². The number of benzene rings is 3. The molecule has 1 aliphatic heterocycles. The standard InChI is InChI=1S/C28H30N2O3/c1-2-33-27(32)21-17-15-20(16-18-21)25(26(29)31)28(24-14-9-19-30-24,22-10-5-3-6-11-22)23-12-7-4-8-13-23/h3-8,10-13,15-18,24-25,30H,2,9,14,19H2,1H3,(H2,29,31). The van der Waals surface area contributed by atoms with Gasteiger partial charge in [-0.25, -0.2) is 4.79 Å². The number of nitrogens with two attached hydrogens (primary N) is 1. The topological polar surface area (TPSA) is 81.4 Å². The highest BCUT2D eigenvalue weighted by molar-refractivity contribution is 5.90. The number of ether oxygens (including phenoxy) is 1. The zero-order chi connectivity index (χ0) is 23.3. The van der Waals surface area contributed by atoms with E-state index in [9.17, 15) is 9.59 Å². The van der Waals surface area contributed by atoms with E-state index in [0.717, 1.165) is 36.1 Å². The summed E-state index contributed by atoms with van der Waals surface area (Å²) in [5, 5.41) is 3.66. The molecule has 0 aromatic heterocycles. The number of hydrogen-bond donors (Lipinski definition) is 2. The molecule has 1 amide bonds. The maximum Gasteiger partial charge on any atom is 0.338 e. The molecule has 2 atom stereocenters. The smallest absolute Gasteiger partial charge is 0.338 e. The number of carbonyl (C=O) groups is 2. The molecule has 3 aromatic carbocycles. The lowest BCUT2D eigenvalue weighted by atomic mass is 9.59. The maximum absolute atomic E-state index is 13.3. The molecule has 0 saturated carbocycles. The van der Waals surface area contributed by atoms with Crippen molar-refractivity contribution in [3.8, 4) is 0 Å². The lowest BCUT2D eigenvalue weighted by Gasteiger charge is -2.45. The minimum absolute atomic E-state index is 0.0181. The fraction of sp³-hybridized carbons (Fsp3) is 0.286. The van der Waals surface area contributed by atoms with Crippen LogP contribution in [0.15, 0.2) is 84.9 Å². The lowest BCUT2D eigenvalue weighted by molar-refractivity contribution is -0.121. The number of esters is 1. The minimum atomic E-state index is -0.712. The van der Waals surface area contributed by atoms with E-state index < -0.39 is 17.2 Å². The molecule has 3 aromatic rings. The lowest BCUT2D eigenvalue weighted by Crippen LogP contribution is -2.53. The summed E-state index contributed by atoms with van der Waals surface area (Å²) in [4.78, 5) is 25.5. The Morgan fingerprint density at radius 1 is 0.970 bits per heavy atom. The van der Waals surface area contributed by atoms with Crippen LogP contribution in [0.4, 0.5) is 0 Å². The first-order valence-corrected chi connectivity index (χ1v) is 11.5. The molecular weight excluding hydrogens is 412 g/mol. The average molecular weight is 443 g/mol. The van der Waals surface area contributed by atoms with Crippen LogP contribution in [0.3, 0.4) is 0 Å². The van der Waals surface area contributed by atoms with Gasteiger partial charge in [-0.3, -0.25) is 4.79 Å². The number of rotatable bonds is 8. The molecule has 2 unspecified atom stereocenters. The second-order valence-corrected chi connectivity index (χ2v) is 8.43. The van der Waals surface area contributed by atoms with E-state index >= 15 is 0 Å². The average Bonchev–Trinajstić information content (AvgIpc) is 3.39. The van der Waals surface area contributed by atoms with Gasteiger partial charge < -0.3 is 15.8 Å². The molecule has 3 N–H and O–H groups in total. The van der Waals surface area contributed by atoms with E-state index in [0.29, 0.717) is 12.2 Å². The molecule has 5 nitrogen and oxygen atoms in total. The molecule has 1 saturated heterocycles. The summed E-state index contributed by atoms with van der Waals surface area (Å²) in [5.74, 6) is -1.43. The van der Waals surface area contributed by atoms with E-state index in [-0.39, 0.29) is 12.0 Å². The molecular formula is C28H30N2O3. The zero-order valence-electron chi connectivity index (χ0n) is 18.9. The summed E-state index contributed by atoms with van der Waals surface area (Å²) < 4.78 is 5.12. The summed E-state index contributed by atoms with van der Waals surface area (Å²) in [7, 11) is 0. The van der Waals surface area contributed by atoms with Crippen LogP contribution in [-0.2, 0) is 14.9 Å². The second kappa shape index (κ2) is 10.0. The molecule has 1 aliphatic rings. The van der Waals surface area contributed by atoms with Crippen molar-refractivity contribution in [2.24, 2.45) is 5.73 Å². The second-order valence-electron chi connectivity index (χ2n) is 8.43. The third kappa shape index (κ3) is 4.29. The number of nitrogens with one attached hydrogen (secondary N) is 1. The number of carbonyl (C=O) groups excluding carboxylic acids is 2. The van der Waals surface area contributed by atoms with Gasteiger partial charge >= 0.3 is 5.97 Å². The third-order valence-corrected chi connectivity index (χ3v) is 6.61. The SMILES string of the molecule is CCOC(=O)c1ccc(C(C(N)=O)C(c2ccccc2)(c2ccccc2)C2CCCN2)cc1. The van der Waals surface area contributed by atoms with Crippen molar-refractivity contribution in [3.05, 3.63) is 107 Å². The Kier molecular flexibility index (Phi) is 6.90. The molecule has 0 aliphatic carbocycles. The van der Waals surface area contributed by atoms with E-state index in [4.69, 9.17) is 10.5 Å². The van der Waals surface area contributed by atoms with Gasteiger partial charge in [-0.15, -0.1) is 0 Å². The highest BCUT2D eigenvalue weighted by Crippen LogP contribution is 2.49. The monoisotopic (exact) mass is 442 g/mol. The van der Waals surface area contributed by atoms with Crippen molar-refractivity contribution >= 4 is 11.9 Å². The summed E-state index contributed by atoms with van der Waals surface area (Å²) in [6, 6.07) is 27.4. The molecule has 1 fully saturated rings. The quantitative estimate of drug-likeness (QED) is 0.513. The Labute approximate surface area is 195 Å². The molecule has 0 spiro atoms. The Morgan fingerprint density at radius 3 is 2.00 bits per heavy atom. The van der Waals surface area contributed by atoms with E-state index in [1.54, 1.807) is 19.1 Å². The Bertz CT molecular complexity index is 1040. The molecule has 0 bridgehead atoms. The van der Waals surface area contributed by atoms with E-state index in [1.165, 1.54) is 0 Å². The largest absolute Gasteiger partial charge is 0.462 e. The van der Waals surface area contributed by atoms with Crippen LogP contribution >= 0.6 is 0 Å². The first kappa shape index (κ1) is 22.7. The van der Waals surface area contributed by atoms with Crippen LogP contribution in [0, 0.1) is 0 Å². The van der Waals surface area contributed by atoms with E-state index in [1.807, 2.05) is 48.5 Å². The van der Waals surface area contributed by atoms with Gasteiger partial charge in [0, 0.05) is 6.04 Å². The molecule has 1 heterocycles. The fourth-order valence-electron chi connectivity index (χ4n) is 5.28. The van der Waals surface area contributed by atoms with Gasteiger partial charge in [0.25, 0.3) is 0 Å². The van der Waals surface area contributed by atoms with Crippen LogP contribution in [0.1, 0.15) is 52.7 Å². The Morgan fingerprint density at radius 2 is 1.55 bits per heavy atom. The van der Waals surface area contributed by atoms with Crippen LogP contribution < -0.4 is 11.1 Å². The van der Waals surface area contributed by atoms with Gasteiger partial charge in [-0.1, -0.05) is 72.8 Å². The molecule has 4 rings (SSSR count). The van der Waals surface area contributed by atoms with Crippen LogP contribution in [0.2, 0.25) is 0 Å². The van der Waals surface area contributed by atoms with Crippen molar-refractivity contribution < 1.29 is 14.3 Å². The first-order chi connectivity index (χ1) is 16.1. The van der Waals surface area contributed by atoms with Gasteiger partial charge in [0.2, 0.25) is 5.91 Å². The predicted molar refractivity (Wildman–Crippen MR) is 129 cm³/mol. The Balaban J connectivity index is 1.94. The van der Waals surface area contributed by atoms with Crippen molar-refractivity contribution in [2.75, 3.05) is 13.2 Å². The minimum Gasteiger partial charge on any atom is -0.462 e. The van der Waals surface area contributed by atoms with Gasteiger partial charge in [0.1, 0.15) is 0 Å². The van der Waals surface area contributed by atoms with Gasteiger partial charge in [0.05, 0.1) is 23.5 Å². The number of amides is 1. The Hall–Kier alpha value is -3.44. The van der Waals surface area contributed by atoms with Crippen molar-refractivity contribution in [1.29, 1.82) is 0 Å². The molecule has 5 heteroatoms. The van der Waals surface area contributed by atoms with Crippen LogP contribution in [-0.4, -0.2) is 31.1 Å². The van der Waals surface area contributed by atoms with Crippen molar-refractivity contribution in [3.63, 3.8) is 0 Å². The van der Waals surface area contributed by atoms with Gasteiger partial charge in [-0.05, 0) is 55.1 Å². The zero-order valence-corrected chi connectivity index (χ0v) is 18.9. The highest BCUT2D eigenvalue weighted by Gasteiger charge is 2.52. The fourth-order valence-corrected chi connectivity index (χ4v) is 5.28. The molecule has 170 valence electrons. The number of primary amides is 1. The van der Waals surface area contributed by atoms with Crippen LogP contribution in [0.25, 0.3) is 0 Å². The van der Waals surface area contributed by atoms with Gasteiger partial charge in [-0.2, -0.15) is 0 Å². The summed E-state index contributed by atoms with van der Waals surface area (Å²) in [6.45, 7) is 2.97. The number of hydrogen-bond acceptors (Lipinski definition) is 4. The van der Waals surface area contributed by atoms with Crippen molar-refractivity contribution in [1.82, 2.24) is 5.32 Å². The molecule has 33 heavy (non-hydrogen) atoms.